The number of rotatable bonds is 5. The molecule has 0 radical (unpaired) electrons. The molecule has 4 aromatic rings. The third kappa shape index (κ3) is 4.06. The Bertz CT molecular complexity index is 1180. The summed E-state index contributed by atoms with van der Waals surface area (Å²) in [4.78, 5) is 17.0. The molecule has 5 heteroatoms. The van der Waals surface area contributed by atoms with Crippen LogP contribution in [0.15, 0.2) is 73.2 Å². The van der Waals surface area contributed by atoms with Gasteiger partial charge in [0.15, 0.2) is 0 Å². The lowest BCUT2D eigenvalue weighted by molar-refractivity contribution is 0.252. The van der Waals surface area contributed by atoms with Crippen molar-refractivity contribution in [3.8, 4) is 0 Å². The lowest BCUT2D eigenvalue weighted by Crippen LogP contribution is -2.33. The molecular formula is C25H26N4O. The molecule has 2 amide bonds. The van der Waals surface area contributed by atoms with Gasteiger partial charge in [0.1, 0.15) is 0 Å². The third-order valence-corrected chi connectivity index (χ3v) is 5.50. The van der Waals surface area contributed by atoms with Crippen molar-refractivity contribution in [1.29, 1.82) is 0 Å². The largest absolute Gasteiger partial charge is 0.350 e. The second-order valence-corrected chi connectivity index (χ2v) is 7.70. The van der Waals surface area contributed by atoms with Crippen LogP contribution in [0.2, 0.25) is 0 Å². The summed E-state index contributed by atoms with van der Waals surface area (Å²) in [7, 11) is 2.05. The average molecular weight is 399 g/mol. The van der Waals surface area contributed by atoms with E-state index in [9.17, 15) is 4.79 Å². The molecule has 1 atom stereocenters. The molecule has 0 fully saturated rings. The Morgan fingerprint density at radius 3 is 2.73 bits per heavy atom. The van der Waals surface area contributed by atoms with Gasteiger partial charge in [0.2, 0.25) is 0 Å². The molecule has 0 unspecified atom stereocenters. The number of amides is 2. The number of pyridine rings is 1. The number of hydrogen-bond acceptors (Lipinski definition) is 2. The molecule has 0 spiro atoms. The summed E-state index contributed by atoms with van der Waals surface area (Å²) >= 11 is 0. The van der Waals surface area contributed by atoms with Crippen LogP contribution in [-0.2, 0) is 7.05 Å². The predicted molar refractivity (Wildman–Crippen MR) is 122 cm³/mol. The molecule has 2 aromatic heterocycles. The van der Waals surface area contributed by atoms with Crippen LogP contribution in [0.1, 0.15) is 28.2 Å². The fourth-order valence-corrected chi connectivity index (χ4v) is 3.87. The van der Waals surface area contributed by atoms with E-state index >= 15 is 0 Å². The molecule has 2 N–H and O–H groups in total. The molecule has 0 bridgehead atoms. The van der Waals surface area contributed by atoms with E-state index in [0.717, 1.165) is 22.4 Å². The van der Waals surface area contributed by atoms with Crippen molar-refractivity contribution in [2.24, 2.45) is 7.05 Å². The number of aromatic nitrogens is 2. The monoisotopic (exact) mass is 398 g/mol. The number of para-hydroxylation sites is 1. The second kappa shape index (κ2) is 8.41. The number of nitrogens with one attached hydrogen (secondary N) is 2. The van der Waals surface area contributed by atoms with Crippen molar-refractivity contribution in [3.05, 3.63) is 95.4 Å². The number of benzene rings is 2. The van der Waals surface area contributed by atoms with Gasteiger partial charge in [-0.25, -0.2) is 4.79 Å². The summed E-state index contributed by atoms with van der Waals surface area (Å²) in [6, 6.07) is 18.2. The van der Waals surface area contributed by atoms with Gasteiger partial charge in [0.25, 0.3) is 0 Å². The molecule has 0 aliphatic heterocycles. The topological polar surface area (TPSA) is 59.0 Å². The molecule has 4 rings (SSSR count). The van der Waals surface area contributed by atoms with E-state index in [1.165, 1.54) is 16.5 Å². The Kier molecular flexibility index (Phi) is 5.53. The molecule has 0 aliphatic rings. The summed E-state index contributed by atoms with van der Waals surface area (Å²) in [5.74, 6) is -0.00541. The van der Waals surface area contributed by atoms with E-state index in [0.29, 0.717) is 6.54 Å². The van der Waals surface area contributed by atoms with Gasteiger partial charge in [0, 0.05) is 54.7 Å². The predicted octanol–water partition coefficient (Wildman–Crippen LogP) is 5.14. The van der Waals surface area contributed by atoms with Crippen LogP contribution < -0.4 is 10.6 Å². The van der Waals surface area contributed by atoms with E-state index in [-0.39, 0.29) is 11.9 Å². The number of aryl methyl sites for hydroxylation is 3. The van der Waals surface area contributed by atoms with Crippen LogP contribution in [0, 0.1) is 13.8 Å². The molecule has 152 valence electrons. The summed E-state index contributed by atoms with van der Waals surface area (Å²) in [5.41, 5.74) is 6.39. The maximum atomic E-state index is 12.7. The van der Waals surface area contributed by atoms with Crippen LogP contribution in [0.5, 0.6) is 0 Å². The van der Waals surface area contributed by atoms with Crippen LogP contribution in [0.25, 0.3) is 10.9 Å². The van der Waals surface area contributed by atoms with Gasteiger partial charge < -0.3 is 15.2 Å². The average Bonchev–Trinajstić information content (AvgIpc) is 3.08. The molecule has 0 saturated heterocycles. The fourth-order valence-electron chi connectivity index (χ4n) is 3.87. The van der Waals surface area contributed by atoms with E-state index in [4.69, 9.17) is 0 Å². The van der Waals surface area contributed by atoms with Gasteiger partial charge in [-0.05, 0) is 54.3 Å². The first-order chi connectivity index (χ1) is 14.5. The first-order valence-electron chi connectivity index (χ1n) is 10.1. The molecular weight excluding hydrogens is 372 g/mol. The standard InChI is InChI=1S/C25H26N4O/c1-17-10-11-18(2)23(13-17)28-25(30)27-15-21(19-7-6-12-26-14-19)22-16-29(3)24-9-5-4-8-20(22)24/h4-14,16,21H,15H2,1-3H3,(H2,27,28,30)/t21-/m1/s1. The van der Waals surface area contributed by atoms with E-state index in [2.05, 4.69) is 44.6 Å². The first-order valence-corrected chi connectivity index (χ1v) is 10.1. The maximum Gasteiger partial charge on any atom is 0.319 e. The van der Waals surface area contributed by atoms with Gasteiger partial charge in [-0.3, -0.25) is 4.98 Å². The molecule has 0 saturated carbocycles. The zero-order valence-electron chi connectivity index (χ0n) is 17.5. The highest BCUT2D eigenvalue weighted by Gasteiger charge is 2.20. The first kappa shape index (κ1) is 19.7. The normalized spacial score (nSPS) is 12.0. The van der Waals surface area contributed by atoms with Crippen molar-refractivity contribution >= 4 is 22.6 Å². The quantitative estimate of drug-likeness (QED) is 0.489. The Hall–Kier alpha value is -3.60. The van der Waals surface area contributed by atoms with Crippen molar-refractivity contribution in [1.82, 2.24) is 14.9 Å². The smallest absolute Gasteiger partial charge is 0.319 e. The Balaban J connectivity index is 1.60. The van der Waals surface area contributed by atoms with Crippen molar-refractivity contribution in [2.45, 2.75) is 19.8 Å². The molecule has 0 aliphatic carbocycles. The highest BCUT2D eigenvalue weighted by Crippen LogP contribution is 2.31. The zero-order chi connectivity index (χ0) is 21.1. The highest BCUT2D eigenvalue weighted by atomic mass is 16.2. The summed E-state index contributed by atoms with van der Waals surface area (Å²) in [5, 5.41) is 7.23. The Morgan fingerprint density at radius 2 is 1.93 bits per heavy atom. The molecule has 2 aromatic carbocycles. The number of carbonyl (C=O) groups is 1. The summed E-state index contributed by atoms with van der Waals surface area (Å²) in [6.45, 7) is 4.47. The third-order valence-electron chi connectivity index (χ3n) is 5.50. The van der Waals surface area contributed by atoms with Crippen molar-refractivity contribution in [2.75, 3.05) is 11.9 Å². The van der Waals surface area contributed by atoms with Crippen LogP contribution >= 0.6 is 0 Å². The summed E-state index contributed by atoms with van der Waals surface area (Å²) < 4.78 is 2.13. The second-order valence-electron chi connectivity index (χ2n) is 7.70. The SMILES string of the molecule is Cc1ccc(C)c(NC(=O)NC[C@H](c2cccnc2)c2cn(C)c3ccccc23)c1. The van der Waals surface area contributed by atoms with Gasteiger partial charge in [0.05, 0.1) is 0 Å². The number of anilines is 1. The minimum atomic E-state index is -0.210. The Labute approximate surface area is 176 Å². The number of hydrogen-bond donors (Lipinski definition) is 2. The molecule has 2 heterocycles. The van der Waals surface area contributed by atoms with Crippen LogP contribution in [0.3, 0.4) is 0 Å². The van der Waals surface area contributed by atoms with Gasteiger partial charge in [-0.15, -0.1) is 0 Å². The number of nitrogens with zero attached hydrogens (tertiary/aromatic N) is 2. The fraction of sp³-hybridized carbons (Fsp3) is 0.200. The minimum Gasteiger partial charge on any atom is -0.350 e. The van der Waals surface area contributed by atoms with Gasteiger partial charge >= 0.3 is 6.03 Å². The van der Waals surface area contributed by atoms with E-state index in [1.54, 1.807) is 6.20 Å². The number of fused-ring (bicyclic) bond motifs is 1. The lowest BCUT2D eigenvalue weighted by Gasteiger charge is -2.18. The van der Waals surface area contributed by atoms with Crippen LogP contribution in [-0.4, -0.2) is 22.1 Å². The highest BCUT2D eigenvalue weighted by molar-refractivity contribution is 5.90. The van der Waals surface area contributed by atoms with Gasteiger partial charge in [-0.2, -0.15) is 0 Å². The minimum absolute atomic E-state index is 0.00541. The summed E-state index contributed by atoms with van der Waals surface area (Å²) in [6.07, 6.45) is 5.79. The lowest BCUT2D eigenvalue weighted by atomic mass is 9.92. The molecule has 30 heavy (non-hydrogen) atoms. The number of carbonyl (C=O) groups excluding carboxylic acids is 1. The van der Waals surface area contributed by atoms with E-state index in [1.807, 2.05) is 63.5 Å². The zero-order valence-corrected chi connectivity index (χ0v) is 17.5. The number of urea groups is 1. The molecule has 5 nitrogen and oxygen atoms in total. The van der Waals surface area contributed by atoms with Gasteiger partial charge in [-0.1, -0.05) is 36.4 Å². The van der Waals surface area contributed by atoms with Crippen molar-refractivity contribution in [3.63, 3.8) is 0 Å². The van der Waals surface area contributed by atoms with Crippen molar-refractivity contribution < 1.29 is 4.79 Å². The van der Waals surface area contributed by atoms with Crippen LogP contribution in [0.4, 0.5) is 10.5 Å². The Morgan fingerprint density at radius 1 is 1.10 bits per heavy atom. The maximum absolute atomic E-state index is 12.7. The van der Waals surface area contributed by atoms with E-state index < -0.39 is 0 Å².